The largest absolute Gasteiger partial charge is 0.395 e. The summed E-state index contributed by atoms with van der Waals surface area (Å²) in [5, 5.41) is 30.1. The Hall–Kier alpha value is -1.97. The van der Waals surface area contributed by atoms with Gasteiger partial charge in [0.05, 0.1) is 43.3 Å². The average Bonchev–Trinajstić information content (AvgIpc) is 2.69. The molecule has 0 aromatic heterocycles. The zero-order valence-electron chi connectivity index (χ0n) is 15.5. The van der Waals surface area contributed by atoms with Crippen LogP contribution < -0.4 is 10.8 Å². The second kappa shape index (κ2) is 11.4. The molecule has 0 bridgehead atoms. The highest BCUT2D eigenvalue weighted by atomic mass is 127. The minimum atomic E-state index is -1.48. The molecule has 0 unspecified atom stereocenters. The summed E-state index contributed by atoms with van der Waals surface area (Å²) < 4.78 is 44.2. The molecular weight excluding hydrogens is 522 g/mol. The second-order valence-corrected chi connectivity index (χ2v) is 7.20. The number of carbonyl (C=O) groups excluding carboxylic acids is 1. The van der Waals surface area contributed by atoms with Crippen molar-refractivity contribution in [2.75, 3.05) is 31.7 Å². The lowest BCUT2D eigenvalue weighted by molar-refractivity contribution is -0.107. The van der Waals surface area contributed by atoms with E-state index in [2.05, 4.69) is 5.32 Å². The minimum absolute atomic E-state index is 0.198. The molecule has 5 N–H and O–H groups in total. The molecule has 2 rings (SSSR count). The van der Waals surface area contributed by atoms with Crippen LogP contribution in [0.25, 0.3) is 0 Å². The quantitative estimate of drug-likeness (QED) is 0.178. The van der Waals surface area contributed by atoms with Crippen molar-refractivity contribution in [1.29, 1.82) is 0 Å². The number of anilines is 2. The second-order valence-electron chi connectivity index (χ2n) is 5.95. The Morgan fingerprint density at radius 2 is 1.87 bits per heavy atom. The lowest BCUT2D eigenvalue weighted by atomic mass is 10.1. The number of rotatable bonds is 10. The molecule has 0 saturated heterocycles. The average molecular weight is 541 g/mol. The van der Waals surface area contributed by atoms with Crippen molar-refractivity contribution in [1.82, 2.24) is 10.5 Å². The first-order valence-electron chi connectivity index (χ1n) is 8.59. The molecule has 1 amide bonds. The molecule has 164 valence electrons. The van der Waals surface area contributed by atoms with Crippen LogP contribution in [0, 0.1) is 21.0 Å². The SMILES string of the molecule is O=C(NOCCO)c1cc(CN(O)CCO)c(F)c(F)c1Nc1ccc(I)cc1F. The highest BCUT2D eigenvalue weighted by Gasteiger charge is 2.24. The van der Waals surface area contributed by atoms with Crippen LogP contribution in [-0.2, 0) is 11.4 Å². The smallest absolute Gasteiger partial charge is 0.277 e. The molecule has 0 aliphatic carbocycles. The number of aliphatic hydroxyl groups excluding tert-OH is 2. The van der Waals surface area contributed by atoms with Crippen molar-refractivity contribution in [3.8, 4) is 0 Å². The number of hydrogen-bond acceptors (Lipinski definition) is 7. The predicted octanol–water partition coefficient (Wildman–Crippen LogP) is 2.29. The Morgan fingerprint density at radius 3 is 2.50 bits per heavy atom. The topological polar surface area (TPSA) is 114 Å². The molecule has 0 saturated carbocycles. The van der Waals surface area contributed by atoms with Crippen LogP contribution in [0.3, 0.4) is 0 Å². The first-order chi connectivity index (χ1) is 14.3. The van der Waals surface area contributed by atoms with Crippen molar-refractivity contribution in [3.63, 3.8) is 0 Å². The van der Waals surface area contributed by atoms with Crippen molar-refractivity contribution < 1.29 is 38.2 Å². The molecule has 12 heteroatoms. The number of aliphatic hydroxyl groups is 2. The summed E-state index contributed by atoms with van der Waals surface area (Å²) in [6.07, 6.45) is 0. The van der Waals surface area contributed by atoms with Crippen LogP contribution in [0.2, 0.25) is 0 Å². The maximum atomic E-state index is 14.8. The van der Waals surface area contributed by atoms with E-state index < -0.39 is 54.4 Å². The fraction of sp³-hybridized carbons (Fsp3) is 0.278. The Balaban J connectivity index is 2.49. The van der Waals surface area contributed by atoms with Gasteiger partial charge in [0.1, 0.15) is 5.82 Å². The summed E-state index contributed by atoms with van der Waals surface area (Å²) in [4.78, 5) is 17.2. The Bertz CT molecular complexity index is 904. The lowest BCUT2D eigenvalue weighted by Crippen LogP contribution is -2.28. The summed E-state index contributed by atoms with van der Waals surface area (Å²) in [7, 11) is 0. The number of carbonyl (C=O) groups is 1. The van der Waals surface area contributed by atoms with E-state index in [1.165, 1.54) is 12.1 Å². The molecule has 0 aliphatic rings. The Morgan fingerprint density at radius 1 is 1.13 bits per heavy atom. The van der Waals surface area contributed by atoms with E-state index in [9.17, 15) is 23.2 Å². The van der Waals surface area contributed by atoms with Gasteiger partial charge in [0, 0.05) is 15.7 Å². The van der Waals surface area contributed by atoms with Crippen LogP contribution >= 0.6 is 22.6 Å². The number of hydroxylamine groups is 3. The van der Waals surface area contributed by atoms with Gasteiger partial charge in [-0.1, -0.05) is 0 Å². The van der Waals surface area contributed by atoms with Gasteiger partial charge in [0.2, 0.25) is 0 Å². The van der Waals surface area contributed by atoms with Crippen LogP contribution in [0.15, 0.2) is 24.3 Å². The molecule has 0 fully saturated rings. The van der Waals surface area contributed by atoms with E-state index in [-0.39, 0.29) is 24.4 Å². The zero-order valence-corrected chi connectivity index (χ0v) is 17.6. The van der Waals surface area contributed by atoms with E-state index in [1.54, 1.807) is 0 Å². The first kappa shape index (κ1) is 24.3. The Kier molecular flexibility index (Phi) is 9.26. The molecule has 8 nitrogen and oxygen atoms in total. The van der Waals surface area contributed by atoms with Crippen molar-refractivity contribution >= 4 is 39.9 Å². The van der Waals surface area contributed by atoms with Gasteiger partial charge in [-0.3, -0.25) is 9.63 Å². The van der Waals surface area contributed by atoms with Gasteiger partial charge < -0.3 is 20.7 Å². The van der Waals surface area contributed by atoms with Gasteiger partial charge in [0.15, 0.2) is 11.6 Å². The van der Waals surface area contributed by atoms with E-state index in [0.717, 1.165) is 12.1 Å². The molecule has 30 heavy (non-hydrogen) atoms. The summed E-state index contributed by atoms with van der Waals surface area (Å²) in [5.41, 5.74) is 0.302. The molecule has 0 spiro atoms. The van der Waals surface area contributed by atoms with Crippen LogP contribution in [-0.4, -0.2) is 52.8 Å². The van der Waals surface area contributed by atoms with E-state index in [4.69, 9.17) is 15.1 Å². The molecular formula is C18H19F3IN3O5. The van der Waals surface area contributed by atoms with E-state index >= 15 is 0 Å². The minimum Gasteiger partial charge on any atom is -0.395 e. The van der Waals surface area contributed by atoms with Crippen LogP contribution in [0.1, 0.15) is 15.9 Å². The van der Waals surface area contributed by atoms with Gasteiger partial charge >= 0.3 is 0 Å². The van der Waals surface area contributed by atoms with Gasteiger partial charge in [0.25, 0.3) is 5.91 Å². The normalized spacial score (nSPS) is 11.1. The molecule has 2 aromatic rings. The fourth-order valence-electron chi connectivity index (χ4n) is 2.43. The van der Waals surface area contributed by atoms with E-state index in [1.807, 2.05) is 28.1 Å². The number of nitrogens with one attached hydrogen (secondary N) is 2. The standard InChI is InChI=1S/C18H19F3IN3O5/c19-13-8-11(22)1-2-14(13)23-17-12(18(28)24-30-6-5-27)7-10(15(20)16(17)21)9-25(29)3-4-26/h1-2,7-8,23,26-27,29H,3-6,9H2,(H,24,28). The summed E-state index contributed by atoms with van der Waals surface area (Å²) in [6.45, 7) is -1.86. The van der Waals surface area contributed by atoms with Crippen molar-refractivity contribution in [2.45, 2.75) is 6.54 Å². The number of halogens is 4. The summed E-state index contributed by atoms with van der Waals surface area (Å²) in [6, 6.07) is 4.94. The van der Waals surface area contributed by atoms with Gasteiger partial charge in [-0.15, -0.1) is 0 Å². The Labute approximate surface area is 183 Å². The third kappa shape index (κ3) is 6.26. The first-order valence-corrected chi connectivity index (χ1v) is 9.67. The zero-order chi connectivity index (χ0) is 22.3. The summed E-state index contributed by atoms with van der Waals surface area (Å²) in [5.74, 6) is -4.59. The van der Waals surface area contributed by atoms with Crippen LogP contribution in [0.4, 0.5) is 24.5 Å². The monoisotopic (exact) mass is 541 g/mol. The van der Waals surface area contributed by atoms with E-state index in [0.29, 0.717) is 8.63 Å². The number of amides is 1. The third-order valence-corrected chi connectivity index (χ3v) is 4.46. The number of benzene rings is 2. The highest BCUT2D eigenvalue weighted by Crippen LogP contribution is 2.31. The fourth-order valence-corrected chi connectivity index (χ4v) is 2.88. The van der Waals surface area contributed by atoms with Gasteiger partial charge in [-0.05, 0) is 46.9 Å². The van der Waals surface area contributed by atoms with Crippen molar-refractivity contribution in [3.05, 3.63) is 56.4 Å². The molecule has 2 aromatic carbocycles. The molecule has 0 radical (unpaired) electrons. The predicted molar refractivity (Wildman–Crippen MR) is 109 cm³/mol. The maximum Gasteiger partial charge on any atom is 0.277 e. The van der Waals surface area contributed by atoms with Gasteiger partial charge in [-0.2, -0.15) is 5.06 Å². The summed E-state index contributed by atoms with van der Waals surface area (Å²) >= 11 is 1.87. The molecule has 0 atom stereocenters. The van der Waals surface area contributed by atoms with Crippen molar-refractivity contribution in [2.24, 2.45) is 0 Å². The van der Waals surface area contributed by atoms with Crippen LogP contribution in [0.5, 0.6) is 0 Å². The third-order valence-electron chi connectivity index (χ3n) is 3.79. The maximum absolute atomic E-state index is 14.8. The lowest BCUT2D eigenvalue weighted by Gasteiger charge is -2.19. The number of hydrogen-bond donors (Lipinski definition) is 5. The molecule has 0 aliphatic heterocycles. The van der Waals surface area contributed by atoms with Gasteiger partial charge in [-0.25, -0.2) is 18.7 Å². The number of nitrogens with zero attached hydrogens (tertiary/aromatic N) is 1. The molecule has 0 heterocycles. The highest BCUT2D eigenvalue weighted by molar-refractivity contribution is 14.1.